The molecule has 3 heteroatoms. The van der Waals surface area contributed by atoms with Crippen LogP contribution in [-0.4, -0.2) is 36.2 Å². The second kappa shape index (κ2) is 6.44. The van der Waals surface area contributed by atoms with Crippen molar-refractivity contribution in [3.63, 3.8) is 0 Å². The van der Waals surface area contributed by atoms with Crippen molar-refractivity contribution in [1.29, 1.82) is 0 Å². The molecular weight excluding hydrogens is 191 g/mol. The van der Waals surface area contributed by atoms with Crippen molar-refractivity contribution in [2.45, 2.75) is 64.2 Å². The van der Waals surface area contributed by atoms with Crippen LogP contribution in [-0.2, 0) is 0 Å². The Morgan fingerprint density at radius 2 is 1.93 bits per heavy atom. The quantitative estimate of drug-likeness (QED) is 0.764. The Morgan fingerprint density at radius 1 is 1.33 bits per heavy atom. The molecule has 0 aromatic heterocycles. The van der Waals surface area contributed by atoms with Gasteiger partial charge in [-0.05, 0) is 19.3 Å². The van der Waals surface area contributed by atoms with Crippen LogP contribution in [0.2, 0.25) is 0 Å². The van der Waals surface area contributed by atoms with Crippen LogP contribution in [0.1, 0.15) is 46.0 Å². The highest BCUT2D eigenvalue weighted by atomic mass is 19.1. The van der Waals surface area contributed by atoms with Crippen molar-refractivity contribution in [1.82, 2.24) is 4.90 Å². The van der Waals surface area contributed by atoms with Gasteiger partial charge in [-0.3, -0.25) is 4.90 Å². The number of rotatable bonds is 5. The van der Waals surface area contributed by atoms with Crippen molar-refractivity contribution < 1.29 is 4.39 Å². The lowest BCUT2D eigenvalue weighted by molar-refractivity contribution is 0.0840. The van der Waals surface area contributed by atoms with E-state index in [1.165, 1.54) is 25.7 Å². The maximum atomic E-state index is 13.2. The fourth-order valence-corrected chi connectivity index (χ4v) is 2.49. The predicted octanol–water partition coefficient (Wildman–Crippen LogP) is 2.33. The maximum Gasteiger partial charge on any atom is 0.118 e. The molecule has 0 amide bonds. The van der Waals surface area contributed by atoms with E-state index in [2.05, 4.69) is 18.7 Å². The van der Waals surface area contributed by atoms with Crippen molar-refractivity contribution in [3.05, 3.63) is 0 Å². The van der Waals surface area contributed by atoms with Crippen LogP contribution in [0.15, 0.2) is 0 Å². The van der Waals surface area contributed by atoms with Gasteiger partial charge < -0.3 is 5.73 Å². The van der Waals surface area contributed by atoms with Crippen molar-refractivity contribution >= 4 is 0 Å². The summed E-state index contributed by atoms with van der Waals surface area (Å²) >= 11 is 0. The first kappa shape index (κ1) is 12.9. The van der Waals surface area contributed by atoms with Gasteiger partial charge in [-0.15, -0.1) is 0 Å². The number of hydrogen-bond donors (Lipinski definition) is 1. The van der Waals surface area contributed by atoms with E-state index in [1.807, 2.05) is 0 Å². The number of hydrogen-bond acceptors (Lipinski definition) is 2. The fourth-order valence-electron chi connectivity index (χ4n) is 2.49. The number of likely N-dealkylation sites (tertiary alicyclic amines) is 1. The highest BCUT2D eigenvalue weighted by Gasteiger charge is 2.29. The van der Waals surface area contributed by atoms with E-state index in [4.69, 9.17) is 5.73 Å². The molecule has 1 heterocycles. The van der Waals surface area contributed by atoms with E-state index in [0.717, 1.165) is 13.1 Å². The third-order valence-electron chi connectivity index (χ3n) is 3.36. The first-order valence-electron chi connectivity index (χ1n) is 6.32. The minimum atomic E-state index is -0.787. The SMILES string of the molecule is CCCC(CCC)N1CC[C@@H](F)[C@@H](N)C1. The smallest absolute Gasteiger partial charge is 0.118 e. The molecule has 1 aliphatic heterocycles. The third kappa shape index (κ3) is 3.72. The Kier molecular flexibility index (Phi) is 5.54. The maximum absolute atomic E-state index is 13.2. The van der Waals surface area contributed by atoms with Gasteiger partial charge in [0.2, 0.25) is 0 Å². The lowest BCUT2D eigenvalue weighted by Gasteiger charge is -2.38. The third-order valence-corrected chi connectivity index (χ3v) is 3.36. The molecule has 90 valence electrons. The molecule has 0 aromatic carbocycles. The van der Waals surface area contributed by atoms with Crippen LogP contribution in [0, 0.1) is 0 Å². The standard InChI is InChI=1S/C12H25FN2/c1-3-5-10(6-4-2)15-8-7-11(13)12(14)9-15/h10-12H,3-9,14H2,1-2H3/t11-,12+/m1/s1. The number of nitrogens with zero attached hydrogens (tertiary/aromatic N) is 1. The molecular formula is C12H25FN2. The van der Waals surface area contributed by atoms with Crippen molar-refractivity contribution in [3.8, 4) is 0 Å². The van der Waals surface area contributed by atoms with Crippen LogP contribution >= 0.6 is 0 Å². The normalized spacial score (nSPS) is 28.6. The van der Waals surface area contributed by atoms with Gasteiger partial charge in [0.15, 0.2) is 0 Å². The summed E-state index contributed by atoms with van der Waals surface area (Å²) in [4.78, 5) is 2.40. The van der Waals surface area contributed by atoms with Gasteiger partial charge in [-0.2, -0.15) is 0 Å². The Labute approximate surface area is 93.0 Å². The Hall–Kier alpha value is -0.150. The molecule has 0 radical (unpaired) electrons. The van der Waals surface area contributed by atoms with E-state index < -0.39 is 6.17 Å². The number of piperidine rings is 1. The summed E-state index contributed by atoms with van der Waals surface area (Å²) in [6, 6.07) is 0.355. The molecule has 2 N–H and O–H groups in total. The zero-order valence-electron chi connectivity index (χ0n) is 10.1. The molecule has 0 saturated carbocycles. The molecule has 1 fully saturated rings. The van der Waals surface area contributed by atoms with E-state index in [1.54, 1.807) is 0 Å². The largest absolute Gasteiger partial charge is 0.324 e. The van der Waals surface area contributed by atoms with Gasteiger partial charge in [-0.1, -0.05) is 26.7 Å². The zero-order chi connectivity index (χ0) is 11.3. The average Bonchev–Trinajstić information content (AvgIpc) is 2.22. The summed E-state index contributed by atoms with van der Waals surface area (Å²) in [5, 5.41) is 0. The minimum absolute atomic E-state index is 0.269. The first-order chi connectivity index (χ1) is 7.19. The molecule has 0 unspecified atom stereocenters. The predicted molar refractivity (Wildman–Crippen MR) is 62.7 cm³/mol. The molecule has 0 aliphatic carbocycles. The van der Waals surface area contributed by atoms with Crippen LogP contribution in [0.3, 0.4) is 0 Å². The molecule has 15 heavy (non-hydrogen) atoms. The Morgan fingerprint density at radius 3 is 2.40 bits per heavy atom. The summed E-state index contributed by atoms with van der Waals surface area (Å²) in [6.07, 6.45) is 4.68. The van der Waals surface area contributed by atoms with Crippen molar-refractivity contribution in [2.24, 2.45) is 5.73 Å². The van der Waals surface area contributed by atoms with Gasteiger partial charge in [0.05, 0.1) is 0 Å². The van der Waals surface area contributed by atoms with E-state index in [0.29, 0.717) is 12.5 Å². The highest BCUT2D eigenvalue weighted by Crippen LogP contribution is 2.20. The van der Waals surface area contributed by atoms with Crippen LogP contribution in [0.5, 0.6) is 0 Å². The van der Waals surface area contributed by atoms with Gasteiger partial charge in [0, 0.05) is 25.2 Å². The average molecular weight is 216 g/mol. The Bertz CT molecular complexity index is 169. The molecule has 1 aliphatic rings. The first-order valence-corrected chi connectivity index (χ1v) is 6.32. The van der Waals surface area contributed by atoms with Crippen LogP contribution < -0.4 is 5.73 Å². The van der Waals surface area contributed by atoms with Gasteiger partial charge >= 0.3 is 0 Å². The molecule has 1 rings (SSSR count). The number of halogens is 1. The second-order valence-corrected chi connectivity index (χ2v) is 4.69. The topological polar surface area (TPSA) is 29.3 Å². The summed E-state index contributed by atoms with van der Waals surface area (Å²) in [7, 11) is 0. The monoisotopic (exact) mass is 216 g/mol. The van der Waals surface area contributed by atoms with E-state index in [-0.39, 0.29) is 6.04 Å². The van der Waals surface area contributed by atoms with Crippen LogP contribution in [0.25, 0.3) is 0 Å². The zero-order valence-corrected chi connectivity index (χ0v) is 10.1. The molecule has 0 aromatic rings. The molecule has 0 spiro atoms. The lowest BCUT2D eigenvalue weighted by Crippen LogP contribution is -2.52. The molecule has 0 bridgehead atoms. The Balaban J connectivity index is 2.45. The minimum Gasteiger partial charge on any atom is -0.324 e. The lowest BCUT2D eigenvalue weighted by atomic mass is 9.98. The second-order valence-electron chi connectivity index (χ2n) is 4.69. The van der Waals surface area contributed by atoms with Crippen LogP contribution in [0.4, 0.5) is 4.39 Å². The molecule has 1 saturated heterocycles. The summed E-state index contributed by atoms with van der Waals surface area (Å²) < 4.78 is 13.2. The van der Waals surface area contributed by atoms with E-state index in [9.17, 15) is 4.39 Å². The molecule has 2 nitrogen and oxygen atoms in total. The highest BCUT2D eigenvalue weighted by molar-refractivity contribution is 4.86. The summed E-state index contributed by atoms with van der Waals surface area (Å²) in [6.45, 7) is 6.06. The van der Waals surface area contributed by atoms with Gasteiger partial charge in [0.25, 0.3) is 0 Å². The number of alkyl halides is 1. The van der Waals surface area contributed by atoms with Gasteiger partial charge in [0.1, 0.15) is 6.17 Å². The van der Waals surface area contributed by atoms with Crippen molar-refractivity contribution in [2.75, 3.05) is 13.1 Å². The molecule has 2 atom stereocenters. The van der Waals surface area contributed by atoms with E-state index >= 15 is 0 Å². The summed E-state index contributed by atoms with van der Waals surface area (Å²) in [5.41, 5.74) is 5.78. The van der Waals surface area contributed by atoms with Gasteiger partial charge in [-0.25, -0.2) is 4.39 Å². The fraction of sp³-hybridized carbons (Fsp3) is 1.00. The summed E-state index contributed by atoms with van der Waals surface area (Å²) in [5.74, 6) is 0. The number of nitrogens with two attached hydrogens (primary N) is 1.